The molecule has 3 aromatic heterocycles. The third-order valence-corrected chi connectivity index (χ3v) is 9.33. The van der Waals surface area contributed by atoms with E-state index in [1.165, 1.54) is 23.6 Å². The fraction of sp³-hybridized carbons (Fsp3) is 0.303. The van der Waals surface area contributed by atoms with Gasteiger partial charge in [-0.1, -0.05) is 48.6 Å². The van der Waals surface area contributed by atoms with E-state index >= 15 is 0 Å². The summed E-state index contributed by atoms with van der Waals surface area (Å²) in [5, 5.41) is 7.07. The first kappa shape index (κ1) is 31.3. The summed E-state index contributed by atoms with van der Waals surface area (Å²) in [6, 6.07) is 11.3. The SMILES string of the molecule is C=CC(=O)N1CCN(c2ncc(-c3ccc(OC)c(Nc4ncc(C(=O)Nc5c(C)cccc5Cl)s4)n3)cc2N2CC(C)C2)CC1. The smallest absolute Gasteiger partial charge is 0.267 e. The Labute approximate surface area is 276 Å². The fourth-order valence-corrected chi connectivity index (χ4v) is 6.57. The number of halogens is 1. The second kappa shape index (κ2) is 13.4. The van der Waals surface area contributed by atoms with Gasteiger partial charge in [-0.05, 0) is 48.7 Å². The summed E-state index contributed by atoms with van der Waals surface area (Å²) in [6.45, 7) is 12.3. The number of thiazole rings is 1. The van der Waals surface area contributed by atoms with Crippen LogP contribution in [0.3, 0.4) is 0 Å². The van der Waals surface area contributed by atoms with Gasteiger partial charge in [-0.25, -0.2) is 15.0 Å². The molecule has 11 nitrogen and oxygen atoms in total. The summed E-state index contributed by atoms with van der Waals surface area (Å²) in [5.41, 5.74) is 4.06. The fourth-order valence-electron chi connectivity index (χ4n) is 5.59. The van der Waals surface area contributed by atoms with Gasteiger partial charge >= 0.3 is 0 Å². The zero-order valence-electron chi connectivity index (χ0n) is 25.9. The lowest BCUT2D eigenvalue weighted by molar-refractivity contribution is -0.126. The van der Waals surface area contributed by atoms with Crippen LogP contribution in [0.25, 0.3) is 11.3 Å². The monoisotopic (exact) mass is 658 g/mol. The molecule has 0 saturated carbocycles. The molecule has 2 N–H and O–H groups in total. The van der Waals surface area contributed by atoms with E-state index < -0.39 is 0 Å². The van der Waals surface area contributed by atoms with Gasteiger partial charge in [0.05, 0.1) is 35.4 Å². The summed E-state index contributed by atoms with van der Waals surface area (Å²) in [7, 11) is 1.58. The molecule has 1 aromatic carbocycles. The highest BCUT2D eigenvalue weighted by Crippen LogP contribution is 2.37. The number of anilines is 5. The number of pyridine rings is 2. The van der Waals surface area contributed by atoms with Crippen molar-refractivity contribution < 1.29 is 14.3 Å². The highest BCUT2D eigenvalue weighted by Gasteiger charge is 2.29. The van der Waals surface area contributed by atoms with Crippen molar-refractivity contribution in [1.29, 1.82) is 0 Å². The number of carbonyl (C=O) groups excluding carboxylic acids is 2. The molecular weight excluding hydrogens is 624 g/mol. The Bertz CT molecular complexity index is 1760. The minimum absolute atomic E-state index is 0.0424. The van der Waals surface area contributed by atoms with Crippen molar-refractivity contribution in [3.05, 3.63) is 76.9 Å². The number of para-hydroxylation sites is 1. The maximum atomic E-state index is 13.0. The van der Waals surface area contributed by atoms with Crippen LogP contribution in [-0.2, 0) is 4.79 Å². The predicted octanol–water partition coefficient (Wildman–Crippen LogP) is 5.86. The molecule has 0 aliphatic carbocycles. The largest absolute Gasteiger partial charge is 0.493 e. The van der Waals surface area contributed by atoms with E-state index in [-0.39, 0.29) is 11.8 Å². The number of hydrogen-bond acceptors (Lipinski definition) is 10. The Morgan fingerprint density at radius 2 is 1.87 bits per heavy atom. The number of piperazine rings is 1. The molecule has 0 atom stereocenters. The lowest BCUT2D eigenvalue weighted by atomic mass is 10.0. The third-order valence-electron chi connectivity index (χ3n) is 8.11. The topological polar surface area (TPSA) is 116 Å². The third kappa shape index (κ3) is 6.49. The molecule has 2 amide bonds. The standard InChI is InChI=1S/C33H35ClN8O3S/c1-5-28(43)40-11-13-41(14-12-40)31-25(42-18-20(2)19-42)15-22(16-35-31)24-9-10-26(45-4)30(37-24)39-33-36-17-27(46-33)32(44)38-29-21(3)7-6-8-23(29)34/h5-10,15-17,20H,1,11-14,18-19H2,2-4H3,(H,38,44)(H,36,37,39). The molecule has 2 saturated heterocycles. The predicted molar refractivity (Wildman–Crippen MR) is 184 cm³/mol. The number of ether oxygens (including phenoxy) is 1. The molecule has 2 aliphatic rings. The molecule has 0 spiro atoms. The van der Waals surface area contributed by atoms with Crippen LogP contribution in [0.2, 0.25) is 5.02 Å². The first-order chi connectivity index (χ1) is 22.2. The van der Waals surface area contributed by atoms with E-state index in [1.54, 1.807) is 13.2 Å². The maximum Gasteiger partial charge on any atom is 0.267 e. The van der Waals surface area contributed by atoms with Gasteiger partial charge in [0.1, 0.15) is 4.88 Å². The van der Waals surface area contributed by atoms with Gasteiger partial charge in [0.15, 0.2) is 22.5 Å². The molecule has 0 radical (unpaired) electrons. The number of nitrogens with zero attached hydrogens (tertiary/aromatic N) is 6. The number of carbonyl (C=O) groups is 2. The van der Waals surface area contributed by atoms with E-state index in [4.69, 9.17) is 26.3 Å². The van der Waals surface area contributed by atoms with E-state index in [2.05, 4.69) is 45.0 Å². The number of methoxy groups -OCH3 is 1. The van der Waals surface area contributed by atoms with Gasteiger partial charge in [0, 0.05) is 51.0 Å². The summed E-state index contributed by atoms with van der Waals surface area (Å²) in [4.78, 5) is 46.1. The van der Waals surface area contributed by atoms with Crippen molar-refractivity contribution in [3.63, 3.8) is 0 Å². The number of amides is 2. The van der Waals surface area contributed by atoms with Gasteiger partial charge in [-0.2, -0.15) is 0 Å². The number of rotatable bonds is 9. The Kier molecular flexibility index (Phi) is 9.09. The van der Waals surface area contributed by atoms with Gasteiger partial charge in [-0.3, -0.25) is 9.59 Å². The Morgan fingerprint density at radius 3 is 2.57 bits per heavy atom. The van der Waals surface area contributed by atoms with E-state index in [0.29, 0.717) is 70.1 Å². The number of benzene rings is 1. The van der Waals surface area contributed by atoms with Crippen LogP contribution in [-0.4, -0.2) is 78.0 Å². The first-order valence-electron chi connectivity index (χ1n) is 15.0. The Morgan fingerprint density at radius 1 is 1.09 bits per heavy atom. The number of aryl methyl sites for hydroxylation is 1. The molecule has 4 aromatic rings. The van der Waals surface area contributed by atoms with Gasteiger partial charge in [-0.15, -0.1) is 0 Å². The molecule has 6 rings (SSSR count). The normalized spacial score (nSPS) is 14.9. The summed E-state index contributed by atoms with van der Waals surface area (Å²) >= 11 is 7.50. The van der Waals surface area contributed by atoms with Crippen molar-refractivity contribution in [3.8, 4) is 17.0 Å². The lowest BCUT2D eigenvalue weighted by Gasteiger charge is -2.42. The average Bonchev–Trinajstić information content (AvgIpc) is 3.53. The van der Waals surface area contributed by atoms with Crippen LogP contribution >= 0.6 is 22.9 Å². The van der Waals surface area contributed by atoms with Crippen LogP contribution < -0.4 is 25.2 Å². The summed E-state index contributed by atoms with van der Waals surface area (Å²) in [5.74, 6) is 2.17. The van der Waals surface area contributed by atoms with Crippen molar-refractivity contribution in [1.82, 2.24) is 19.9 Å². The second-order valence-electron chi connectivity index (χ2n) is 11.4. The Hall–Kier alpha value is -4.68. The molecule has 2 aliphatic heterocycles. The van der Waals surface area contributed by atoms with Crippen molar-refractivity contribution >= 4 is 62.9 Å². The highest BCUT2D eigenvalue weighted by molar-refractivity contribution is 7.17. The summed E-state index contributed by atoms with van der Waals surface area (Å²) < 4.78 is 5.59. The van der Waals surface area contributed by atoms with Crippen molar-refractivity contribution in [2.24, 2.45) is 5.92 Å². The zero-order valence-corrected chi connectivity index (χ0v) is 27.5. The molecule has 2 fully saturated rings. The molecular formula is C33H35ClN8O3S. The quantitative estimate of drug-likeness (QED) is 0.214. The molecule has 238 valence electrons. The van der Waals surface area contributed by atoms with E-state index in [1.807, 2.05) is 42.3 Å². The van der Waals surface area contributed by atoms with Gasteiger partial charge < -0.3 is 30.1 Å². The van der Waals surface area contributed by atoms with Crippen LogP contribution in [0, 0.1) is 12.8 Å². The van der Waals surface area contributed by atoms with Crippen LogP contribution in [0.5, 0.6) is 5.75 Å². The minimum Gasteiger partial charge on any atom is -0.493 e. The van der Waals surface area contributed by atoms with Crippen LogP contribution in [0.15, 0.2) is 61.4 Å². The highest BCUT2D eigenvalue weighted by atomic mass is 35.5. The maximum absolute atomic E-state index is 13.0. The van der Waals surface area contributed by atoms with Crippen molar-refractivity contribution in [2.45, 2.75) is 13.8 Å². The van der Waals surface area contributed by atoms with Crippen LogP contribution in [0.1, 0.15) is 22.2 Å². The molecule has 13 heteroatoms. The zero-order chi connectivity index (χ0) is 32.4. The van der Waals surface area contributed by atoms with Gasteiger partial charge in [0.25, 0.3) is 5.91 Å². The van der Waals surface area contributed by atoms with E-state index in [0.717, 1.165) is 35.7 Å². The first-order valence-corrected chi connectivity index (χ1v) is 16.2. The van der Waals surface area contributed by atoms with Crippen molar-refractivity contribution in [2.75, 3.05) is 66.8 Å². The minimum atomic E-state index is -0.303. The Balaban J connectivity index is 1.23. The number of nitrogens with one attached hydrogen (secondary N) is 2. The second-order valence-corrected chi connectivity index (χ2v) is 12.8. The molecule has 5 heterocycles. The number of aromatic nitrogens is 3. The summed E-state index contributed by atoms with van der Waals surface area (Å²) in [6.07, 6.45) is 4.72. The average molecular weight is 659 g/mol. The lowest BCUT2D eigenvalue weighted by Crippen LogP contribution is -2.50. The number of hydrogen-bond donors (Lipinski definition) is 2. The van der Waals surface area contributed by atoms with E-state index in [9.17, 15) is 9.59 Å². The van der Waals surface area contributed by atoms with Gasteiger partial charge in [0.2, 0.25) is 5.91 Å². The molecule has 0 unspecified atom stereocenters. The van der Waals surface area contributed by atoms with Crippen LogP contribution in [0.4, 0.5) is 28.1 Å². The molecule has 0 bridgehead atoms. The molecule has 46 heavy (non-hydrogen) atoms.